The number of halogens is 6. The minimum absolute atomic E-state index is 0.713. The third-order valence-electron chi connectivity index (χ3n) is 1.41. The Balaban J connectivity index is 3.23. The maximum Gasteiger partial charge on any atom is 0.459 e. The van der Waals surface area contributed by atoms with Crippen molar-refractivity contribution in [1.29, 1.82) is 0 Å². The molecule has 0 saturated carbocycles. The molecule has 0 bridgehead atoms. The van der Waals surface area contributed by atoms with Gasteiger partial charge in [0.25, 0.3) is 0 Å². The zero-order valence-corrected chi connectivity index (χ0v) is 7.20. The molecule has 0 saturated heterocycles. The van der Waals surface area contributed by atoms with Crippen LogP contribution in [0.5, 0.6) is 0 Å². The molecule has 1 rings (SSSR count). The SMILES string of the molecule is FC(F)(F)C(F)(F)c1ncccc1Cl. The number of hydrogen-bond acceptors (Lipinski definition) is 1. The number of rotatable bonds is 1. The van der Waals surface area contributed by atoms with E-state index in [1.54, 1.807) is 0 Å². The van der Waals surface area contributed by atoms with Crippen LogP contribution in [0.15, 0.2) is 18.3 Å². The Morgan fingerprint density at radius 1 is 1.14 bits per heavy atom. The number of pyridine rings is 1. The fraction of sp³-hybridized carbons (Fsp3) is 0.286. The van der Waals surface area contributed by atoms with Gasteiger partial charge in [0.15, 0.2) is 0 Å². The van der Waals surface area contributed by atoms with Crippen LogP contribution in [0.1, 0.15) is 5.69 Å². The number of nitrogens with zero attached hydrogens (tertiary/aromatic N) is 1. The largest absolute Gasteiger partial charge is 0.459 e. The van der Waals surface area contributed by atoms with Gasteiger partial charge >= 0.3 is 12.1 Å². The van der Waals surface area contributed by atoms with Crippen molar-refractivity contribution in [3.63, 3.8) is 0 Å². The Morgan fingerprint density at radius 3 is 2.14 bits per heavy atom. The first kappa shape index (κ1) is 11.2. The fourth-order valence-electron chi connectivity index (χ4n) is 0.751. The van der Waals surface area contributed by atoms with Gasteiger partial charge in [-0.25, -0.2) is 0 Å². The van der Waals surface area contributed by atoms with Gasteiger partial charge in [-0.3, -0.25) is 4.98 Å². The molecule has 0 aliphatic carbocycles. The highest BCUT2D eigenvalue weighted by molar-refractivity contribution is 6.31. The van der Waals surface area contributed by atoms with E-state index in [-0.39, 0.29) is 0 Å². The summed E-state index contributed by atoms with van der Waals surface area (Å²) in [6.07, 6.45) is -4.87. The molecule has 1 aromatic rings. The van der Waals surface area contributed by atoms with Crippen LogP contribution in [0.25, 0.3) is 0 Å². The molecule has 1 aromatic heterocycles. The van der Waals surface area contributed by atoms with E-state index >= 15 is 0 Å². The summed E-state index contributed by atoms with van der Waals surface area (Å²) in [7, 11) is 0. The molecule has 0 aliphatic rings. The summed E-state index contributed by atoms with van der Waals surface area (Å²) in [5, 5.41) is -0.713. The average Bonchev–Trinajstić information content (AvgIpc) is 2.02. The van der Waals surface area contributed by atoms with Crippen molar-refractivity contribution in [3.8, 4) is 0 Å². The summed E-state index contributed by atoms with van der Waals surface area (Å²) in [6.45, 7) is 0. The molecule has 0 spiro atoms. The second-order valence-corrected chi connectivity index (χ2v) is 2.81. The summed E-state index contributed by atoms with van der Waals surface area (Å²) in [5.74, 6) is -5.02. The first-order valence-electron chi connectivity index (χ1n) is 3.32. The normalized spacial score (nSPS) is 13.0. The van der Waals surface area contributed by atoms with Crippen molar-refractivity contribution >= 4 is 11.6 Å². The molecule has 14 heavy (non-hydrogen) atoms. The van der Waals surface area contributed by atoms with Gasteiger partial charge in [-0.15, -0.1) is 0 Å². The summed E-state index contributed by atoms with van der Waals surface area (Å²) in [5.41, 5.74) is -1.48. The Kier molecular flexibility index (Phi) is 2.67. The molecule has 0 N–H and O–H groups in total. The topological polar surface area (TPSA) is 12.9 Å². The van der Waals surface area contributed by atoms with Crippen LogP contribution in [-0.4, -0.2) is 11.2 Å². The zero-order chi connectivity index (χ0) is 11.0. The molecule has 0 unspecified atom stereocenters. The zero-order valence-electron chi connectivity index (χ0n) is 6.45. The second kappa shape index (κ2) is 3.34. The van der Waals surface area contributed by atoms with Gasteiger partial charge in [-0.1, -0.05) is 11.6 Å². The molecule has 0 fully saturated rings. The molecular formula is C7H3ClF5N. The molecule has 0 radical (unpaired) electrons. The van der Waals surface area contributed by atoms with E-state index in [1.165, 1.54) is 0 Å². The van der Waals surface area contributed by atoms with Crippen LogP contribution >= 0.6 is 11.6 Å². The number of alkyl halides is 5. The van der Waals surface area contributed by atoms with Crippen molar-refractivity contribution in [1.82, 2.24) is 4.98 Å². The Bertz CT molecular complexity index is 335. The van der Waals surface area contributed by atoms with Crippen molar-refractivity contribution < 1.29 is 22.0 Å². The fourth-order valence-corrected chi connectivity index (χ4v) is 0.991. The van der Waals surface area contributed by atoms with E-state index < -0.39 is 22.8 Å². The van der Waals surface area contributed by atoms with Crippen LogP contribution in [0, 0.1) is 0 Å². The molecular weight excluding hydrogens is 229 g/mol. The first-order valence-corrected chi connectivity index (χ1v) is 3.70. The van der Waals surface area contributed by atoms with Gasteiger partial charge < -0.3 is 0 Å². The minimum Gasteiger partial charge on any atom is -0.253 e. The van der Waals surface area contributed by atoms with Crippen LogP contribution in [0.3, 0.4) is 0 Å². The van der Waals surface area contributed by atoms with Gasteiger partial charge in [0.1, 0.15) is 5.69 Å². The van der Waals surface area contributed by atoms with Crippen LogP contribution in [0.2, 0.25) is 5.02 Å². The highest BCUT2D eigenvalue weighted by Crippen LogP contribution is 2.44. The van der Waals surface area contributed by atoms with E-state index in [2.05, 4.69) is 4.98 Å². The average molecular weight is 232 g/mol. The quantitative estimate of drug-likeness (QED) is 0.675. The van der Waals surface area contributed by atoms with Crippen LogP contribution < -0.4 is 0 Å². The monoisotopic (exact) mass is 231 g/mol. The molecule has 0 aliphatic heterocycles. The molecule has 0 amide bonds. The van der Waals surface area contributed by atoms with Crippen LogP contribution in [0.4, 0.5) is 22.0 Å². The summed E-state index contributed by atoms with van der Waals surface area (Å²) in [6, 6.07) is 2.09. The van der Waals surface area contributed by atoms with Crippen molar-refractivity contribution in [2.75, 3.05) is 0 Å². The van der Waals surface area contributed by atoms with E-state index in [9.17, 15) is 22.0 Å². The Morgan fingerprint density at radius 2 is 1.71 bits per heavy atom. The predicted molar refractivity (Wildman–Crippen MR) is 39.2 cm³/mol. The molecule has 7 heteroatoms. The van der Waals surface area contributed by atoms with E-state index in [0.717, 1.165) is 18.3 Å². The molecule has 0 atom stereocenters. The first-order chi connectivity index (χ1) is 6.27. The Hall–Kier alpha value is -0.910. The van der Waals surface area contributed by atoms with Gasteiger partial charge in [-0.05, 0) is 12.1 Å². The molecule has 1 nitrogen and oxygen atoms in total. The molecule has 78 valence electrons. The van der Waals surface area contributed by atoms with Gasteiger partial charge in [0.05, 0.1) is 5.02 Å². The summed E-state index contributed by atoms with van der Waals surface area (Å²) >= 11 is 5.17. The van der Waals surface area contributed by atoms with E-state index in [1.807, 2.05) is 0 Å². The Labute approximate surface area is 80.5 Å². The van der Waals surface area contributed by atoms with Crippen LogP contribution in [-0.2, 0) is 5.92 Å². The highest BCUT2D eigenvalue weighted by atomic mass is 35.5. The lowest BCUT2D eigenvalue weighted by atomic mass is 10.2. The van der Waals surface area contributed by atoms with Gasteiger partial charge in [0, 0.05) is 6.20 Å². The third kappa shape index (κ3) is 1.79. The summed E-state index contributed by atoms with van der Waals surface area (Å²) in [4.78, 5) is 2.91. The lowest BCUT2D eigenvalue weighted by molar-refractivity contribution is -0.290. The number of aromatic nitrogens is 1. The lowest BCUT2D eigenvalue weighted by Crippen LogP contribution is -2.34. The lowest BCUT2D eigenvalue weighted by Gasteiger charge is -2.19. The predicted octanol–water partition coefficient (Wildman–Crippen LogP) is 3.39. The highest BCUT2D eigenvalue weighted by Gasteiger charge is 2.60. The van der Waals surface area contributed by atoms with E-state index in [0.29, 0.717) is 0 Å². The second-order valence-electron chi connectivity index (χ2n) is 2.41. The standard InChI is InChI=1S/C7H3ClF5N/c8-4-2-1-3-14-5(4)6(9,10)7(11,12)13/h1-3H. The van der Waals surface area contributed by atoms with E-state index in [4.69, 9.17) is 11.6 Å². The maximum atomic E-state index is 12.7. The maximum absolute atomic E-state index is 12.7. The smallest absolute Gasteiger partial charge is 0.253 e. The van der Waals surface area contributed by atoms with Crippen molar-refractivity contribution in [2.24, 2.45) is 0 Å². The summed E-state index contributed by atoms with van der Waals surface area (Å²) < 4.78 is 60.9. The number of hydrogen-bond donors (Lipinski definition) is 0. The molecule has 0 aromatic carbocycles. The van der Waals surface area contributed by atoms with Crippen molar-refractivity contribution in [3.05, 3.63) is 29.0 Å². The third-order valence-corrected chi connectivity index (χ3v) is 1.72. The molecule has 1 heterocycles. The van der Waals surface area contributed by atoms with Crippen molar-refractivity contribution in [2.45, 2.75) is 12.1 Å². The van der Waals surface area contributed by atoms with Gasteiger partial charge in [0.2, 0.25) is 0 Å². The minimum atomic E-state index is -5.69. The van der Waals surface area contributed by atoms with Gasteiger partial charge in [-0.2, -0.15) is 22.0 Å².